The molecule has 22 heavy (non-hydrogen) atoms. The average molecular weight is 361 g/mol. The first-order valence-corrected chi connectivity index (χ1v) is 8.19. The van der Waals surface area contributed by atoms with Crippen LogP contribution >= 0.6 is 0 Å². The number of unbranched alkanes of at least 4 members (excludes halogenated alkanes) is 3. The van der Waals surface area contributed by atoms with Gasteiger partial charge in [0, 0.05) is 29.3 Å². The Morgan fingerprint density at radius 3 is 1.32 bits per heavy atom. The molecule has 0 unspecified atom stereocenters. The van der Waals surface area contributed by atoms with Gasteiger partial charge in [-0.3, -0.25) is 9.59 Å². The minimum Gasteiger partial charge on any atom is -0.481 e. The van der Waals surface area contributed by atoms with E-state index in [0.717, 1.165) is 38.0 Å². The molecule has 0 fully saturated rings. The number of carboxylic acid groups (broad SMARTS) is 2. The van der Waals surface area contributed by atoms with Crippen LogP contribution in [0.15, 0.2) is 0 Å². The zero-order valence-corrected chi connectivity index (χ0v) is 15.5. The second-order valence-corrected chi connectivity index (χ2v) is 6.42. The third-order valence-electron chi connectivity index (χ3n) is 3.09. The zero-order valence-electron chi connectivity index (χ0n) is 14.5. The molecule has 0 saturated carbocycles. The Balaban J connectivity index is -0.000000315. The van der Waals surface area contributed by atoms with Gasteiger partial charge in [0.1, 0.15) is 0 Å². The van der Waals surface area contributed by atoms with E-state index in [1.54, 1.807) is 0 Å². The quantitative estimate of drug-likeness (QED) is 0.403. The normalized spacial score (nSPS) is 9.91. The SMILES string of the molecule is CC(C)CCCCC(=O)O.CC(C)CCCCCC(=O)O.[Ni]. The molecule has 0 radical (unpaired) electrons. The van der Waals surface area contributed by atoms with Crippen LogP contribution in [-0.4, -0.2) is 22.2 Å². The molecule has 0 saturated heterocycles. The Kier molecular flexibility index (Phi) is 22.1. The van der Waals surface area contributed by atoms with Gasteiger partial charge < -0.3 is 10.2 Å². The zero-order chi connectivity index (χ0) is 16.7. The van der Waals surface area contributed by atoms with Gasteiger partial charge in [0.2, 0.25) is 0 Å². The predicted molar refractivity (Wildman–Crippen MR) is 86.5 cm³/mol. The van der Waals surface area contributed by atoms with Crippen molar-refractivity contribution in [1.82, 2.24) is 0 Å². The summed E-state index contributed by atoms with van der Waals surface area (Å²) in [7, 11) is 0. The van der Waals surface area contributed by atoms with Gasteiger partial charge >= 0.3 is 11.9 Å². The maximum Gasteiger partial charge on any atom is 0.303 e. The molecule has 0 heterocycles. The van der Waals surface area contributed by atoms with Crippen LogP contribution in [0, 0.1) is 11.8 Å². The standard InChI is InChI=1S/C9H18O2.C8H16O2.Ni/c1-8(2)6-4-3-5-7-9(10)11;1-7(2)5-3-4-6-8(9)10;/h8H,3-7H2,1-2H3,(H,10,11);7H,3-6H2,1-2H3,(H,9,10);. The predicted octanol–water partition coefficient (Wildman–Crippen LogP) is 4.96. The first kappa shape index (κ1) is 26.3. The summed E-state index contributed by atoms with van der Waals surface area (Å²) in [5, 5.41) is 16.6. The molecular formula is C17H34NiO4. The van der Waals surface area contributed by atoms with Crippen molar-refractivity contribution in [2.75, 3.05) is 0 Å². The van der Waals surface area contributed by atoms with Crippen molar-refractivity contribution in [1.29, 1.82) is 0 Å². The van der Waals surface area contributed by atoms with Gasteiger partial charge in [-0.05, 0) is 24.7 Å². The molecular weight excluding hydrogens is 327 g/mol. The second kappa shape index (κ2) is 18.5. The smallest absolute Gasteiger partial charge is 0.303 e. The molecule has 136 valence electrons. The Labute approximate surface area is 146 Å². The molecule has 0 aromatic rings. The van der Waals surface area contributed by atoms with E-state index >= 15 is 0 Å². The van der Waals surface area contributed by atoms with Crippen molar-refractivity contribution in [2.24, 2.45) is 11.8 Å². The molecule has 0 aromatic carbocycles. The van der Waals surface area contributed by atoms with E-state index in [2.05, 4.69) is 27.7 Å². The van der Waals surface area contributed by atoms with Gasteiger partial charge in [0.25, 0.3) is 0 Å². The van der Waals surface area contributed by atoms with Crippen molar-refractivity contribution >= 4 is 11.9 Å². The van der Waals surface area contributed by atoms with Crippen LogP contribution in [-0.2, 0) is 26.1 Å². The number of carbonyl (C=O) groups is 2. The summed E-state index contributed by atoms with van der Waals surface area (Å²) in [5.41, 5.74) is 0. The molecule has 4 nitrogen and oxygen atoms in total. The van der Waals surface area contributed by atoms with Crippen LogP contribution < -0.4 is 0 Å². The number of rotatable bonds is 11. The van der Waals surface area contributed by atoms with Crippen molar-refractivity contribution in [2.45, 2.75) is 85.5 Å². The van der Waals surface area contributed by atoms with E-state index in [1.165, 1.54) is 12.8 Å². The summed E-state index contributed by atoms with van der Waals surface area (Å²) >= 11 is 0. The minimum absolute atomic E-state index is 0. The Morgan fingerprint density at radius 2 is 1.00 bits per heavy atom. The fourth-order valence-electron chi connectivity index (χ4n) is 1.83. The summed E-state index contributed by atoms with van der Waals surface area (Å²) in [4.78, 5) is 20.1. The largest absolute Gasteiger partial charge is 0.481 e. The van der Waals surface area contributed by atoms with E-state index in [1.807, 2.05) is 0 Å². The molecule has 0 aliphatic carbocycles. The Bertz CT molecular complexity index is 265. The summed E-state index contributed by atoms with van der Waals surface area (Å²) in [6.45, 7) is 8.69. The Morgan fingerprint density at radius 1 is 0.682 bits per heavy atom. The van der Waals surface area contributed by atoms with Crippen LogP contribution in [0.4, 0.5) is 0 Å². The van der Waals surface area contributed by atoms with E-state index in [4.69, 9.17) is 10.2 Å². The van der Waals surface area contributed by atoms with E-state index in [-0.39, 0.29) is 16.5 Å². The molecule has 2 N–H and O–H groups in total. The third-order valence-corrected chi connectivity index (χ3v) is 3.09. The maximum atomic E-state index is 10.1. The molecule has 5 heteroatoms. The maximum absolute atomic E-state index is 10.1. The number of carboxylic acids is 2. The molecule has 0 aliphatic rings. The molecule has 0 rings (SSSR count). The topological polar surface area (TPSA) is 74.6 Å². The van der Waals surface area contributed by atoms with E-state index < -0.39 is 11.9 Å². The van der Waals surface area contributed by atoms with Crippen LogP contribution in [0.1, 0.15) is 85.5 Å². The summed E-state index contributed by atoms with van der Waals surface area (Å²) in [6.07, 6.45) is 7.96. The van der Waals surface area contributed by atoms with Gasteiger partial charge in [0.05, 0.1) is 0 Å². The van der Waals surface area contributed by atoms with Gasteiger partial charge in [-0.25, -0.2) is 0 Å². The minimum atomic E-state index is -0.677. The van der Waals surface area contributed by atoms with Crippen molar-refractivity contribution in [3.8, 4) is 0 Å². The Hall–Kier alpha value is -0.566. The first-order valence-electron chi connectivity index (χ1n) is 8.19. The average Bonchev–Trinajstić information content (AvgIpc) is 2.34. The van der Waals surface area contributed by atoms with Crippen molar-refractivity contribution < 1.29 is 36.3 Å². The van der Waals surface area contributed by atoms with Crippen LogP contribution in [0.5, 0.6) is 0 Å². The summed E-state index contributed by atoms with van der Waals surface area (Å²) in [5.74, 6) is 0.104. The van der Waals surface area contributed by atoms with Crippen molar-refractivity contribution in [3.63, 3.8) is 0 Å². The van der Waals surface area contributed by atoms with Gasteiger partial charge in [-0.2, -0.15) is 0 Å². The first-order chi connectivity index (χ1) is 9.75. The molecule has 0 aromatic heterocycles. The van der Waals surface area contributed by atoms with E-state index in [0.29, 0.717) is 18.8 Å². The third kappa shape index (κ3) is 31.7. The monoisotopic (exact) mass is 360 g/mol. The molecule has 0 spiro atoms. The molecule has 0 atom stereocenters. The fourth-order valence-corrected chi connectivity index (χ4v) is 1.83. The van der Waals surface area contributed by atoms with Gasteiger partial charge in [0.15, 0.2) is 0 Å². The van der Waals surface area contributed by atoms with E-state index in [9.17, 15) is 9.59 Å². The van der Waals surface area contributed by atoms with Crippen molar-refractivity contribution in [3.05, 3.63) is 0 Å². The van der Waals surface area contributed by atoms with Gasteiger partial charge in [-0.15, -0.1) is 0 Å². The van der Waals surface area contributed by atoms with Crippen LogP contribution in [0.3, 0.4) is 0 Å². The number of hydrogen-bond acceptors (Lipinski definition) is 2. The summed E-state index contributed by atoms with van der Waals surface area (Å²) in [6, 6.07) is 0. The summed E-state index contributed by atoms with van der Waals surface area (Å²) < 4.78 is 0. The van der Waals surface area contributed by atoms with Gasteiger partial charge in [-0.1, -0.05) is 59.8 Å². The van der Waals surface area contributed by atoms with Crippen LogP contribution in [0.25, 0.3) is 0 Å². The molecule has 0 aliphatic heterocycles. The molecule has 0 amide bonds. The number of hydrogen-bond donors (Lipinski definition) is 2. The second-order valence-electron chi connectivity index (χ2n) is 6.42. The molecule has 0 bridgehead atoms. The fraction of sp³-hybridized carbons (Fsp3) is 0.882. The van der Waals surface area contributed by atoms with Crippen LogP contribution in [0.2, 0.25) is 0 Å². The number of aliphatic carboxylic acids is 2.